The van der Waals surface area contributed by atoms with Crippen LogP contribution in [-0.4, -0.2) is 31.8 Å². The number of carbonyl (C=O) groups is 1. The summed E-state index contributed by atoms with van der Waals surface area (Å²) >= 11 is 0. The molecule has 2 aromatic rings. The molecule has 0 radical (unpaired) electrons. The number of amides is 1. The smallest absolute Gasteiger partial charge is 0.243 e. The first-order valence-corrected chi connectivity index (χ1v) is 9.99. The predicted molar refractivity (Wildman–Crippen MR) is 97.5 cm³/mol. The predicted octanol–water partition coefficient (Wildman–Crippen LogP) is 2.54. The second-order valence-electron chi connectivity index (χ2n) is 6.67. The highest BCUT2D eigenvalue weighted by atomic mass is 32.2. The fraction of sp³-hybridized carbons (Fsp3) is 0.316. The van der Waals surface area contributed by atoms with Crippen molar-refractivity contribution in [1.82, 2.24) is 4.31 Å². The average Bonchev–Trinajstić information content (AvgIpc) is 3.39. The number of nitrogens with zero attached hydrogens (tertiary/aromatic N) is 1. The Morgan fingerprint density at radius 2 is 1.88 bits per heavy atom. The molecule has 136 valence electrons. The second-order valence-corrected chi connectivity index (χ2v) is 8.56. The molecule has 1 heterocycles. The molecule has 2 aromatic carbocycles. The van der Waals surface area contributed by atoms with E-state index in [1.54, 1.807) is 29.6 Å². The van der Waals surface area contributed by atoms with Gasteiger partial charge in [-0.25, -0.2) is 8.42 Å². The summed E-state index contributed by atoms with van der Waals surface area (Å²) in [6.07, 6.45) is 1.97. The first kappa shape index (κ1) is 17.1. The van der Waals surface area contributed by atoms with Crippen molar-refractivity contribution >= 4 is 21.6 Å². The summed E-state index contributed by atoms with van der Waals surface area (Å²) in [5, 5.41) is 2.73. The maximum Gasteiger partial charge on any atom is 0.243 e. The van der Waals surface area contributed by atoms with Crippen molar-refractivity contribution in [3.8, 4) is 5.75 Å². The molecule has 4 rings (SSSR count). The number of methoxy groups -OCH3 is 1. The highest BCUT2D eigenvalue weighted by Gasteiger charge is 2.38. The zero-order valence-electron chi connectivity index (χ0n) is 14.4. The van der Waals surface area contributed by atoms with Gasteiger partial charge in [-0.2, -0.15) is 4.31 Å². The van der Waals surface area contributed by atoms with Crippen LogP contribution < -0.4 is 10.1 Å². The van der Waals surface area contributed by atoms with Gasteiger partial charge in [0.05, 0.1) is 18.4 Å². The summed E-state index contributed by atoms with van der Waals surface area (Å²) in [5.74, 6) is 0.636. The molecule has 1 N–H and O–H groups in total. The lowest BCUT2D eigenvalue weighted by atomic mass is 10.2. The molecule has 0 unspecified atom stereocenters. The molecule has 2 aliphatic rings. The van der Waals surface area contributed by atoms with E-state index >= 15 is 0 Å². The van der Waals surface area contributed by atoms with Crippen LogP contribution >= 0.6 is 0 Å². The topological polar surface area (TPSA) is 75.7 Å². The van der Waals surface area contributed by atoms with Crippen LogP contribution in [0.4, 0.5) is 5.69 Å². The van der Waals surface area contributed by atoms with E-state index in [9.17, 15) is 13.2 Å². The van der Waals surface area contributed by atoms with Crippen LogP contribution in [-0.2, 0) is 27.8 Å². The van der Waals surface area contributed by atoms with Crippen molar-refractivity contribution in [2.24, 2.45) is 0 Å². The highest BCUT2D eigenvalue weighted by Crippen LogP contribution is 2.35. The molecule has 1 aliphatic carbocycles. The maximum absolute atomic E-state index is 13.2. The van der Waals surface area contributed by atoms with Gasteiger partial charge in [0.2, 0.25) is 15.9 Å². The molecule has 0 spiro atoms. The summed E-state index contributed by atoms with van der Waals surface area (Å²) in [4.78, 5) is 11.8. The third-order valence-corrected chi connectivity index (χ3v) is 6.65. The average molecular weight is 372 g/mol. The Morgan fingerprint density at radius 3 is 2.54 bits per heavy atom. The van der Waals surface area contributed by atoms with Crippen molar-refractivity contribution in [2.75, 3.05) is 12.4 Å². The standard InChI is InChI=1S/C19H20N2O4S/c1-25-16-6-2-13(3-7-16)12-21(15-4-5-15)26(23,24)17-8-9-18-14(10-17)11-19(22)20-18/h2-3,6-10,15H,4-5,11-12H2,1H3,(H,20,22). The summed E-state index contributed by atoms with van der Waals surface area (Å²) < 4.78 is 33.2. The Bertz CT molecular complexity index is 950. The third-order valence-electron chi connectivity index (χ3n) is 4.76. The number of hydrogen-bond donors (Lipinski definition) is 1. The number of anilines is 1. The Kier molecular flexibility index (Phi) is 4.20. The van der Waals surface area contributed by atoms with Gasteiger partial charge in [-0.05, 0) is 54.3 Å². The van der Waals surface area contributed by atoms with E-state index in [1.165, 1.54) is 0 Å². The highest BCUT2D eigenvalue weighted by molar-refractivity contribution is 7.89. The molecule has 0 bridgehead atoms. The van der Waals surface area contributed by atoms with Gasteiger partial charge in [-0.1, -0.05) is 12.1 Å². The van der Waals surface area contributed by atoms with Crippen LogP contribution in [0.1, 0.15) is 24.0 Å². The molecule has 0 saturated heterocycles. The molecule has 6 nitrogen and oxygen atoms in total. The Morgan fingerprint density at radius 1 is 1.15 bits per heavy atom. The molecule has 0 aromatic heterocycles. The molecule has 7 heteroatoms. The van der Waals surface area contributed by atoms with E-state index in [4.69, 9.17) is 4.74 Å². The van der Waals surface area contributed by atoms with Gasteiger partial charge in [-0.15, -0.1) is 0 Å². The van der Waals surface area contributed by atoms with E-state index in [0.717, 1.165) is 29.7 Å². The molecule has 1 fully saturated rings. The normalized spacial score (nSPS) is 16.5. The number of ether oxygens (including phenoxy) is 1. The van der Waals surface area contributed by atoms with E-state index in [2.05, 4.69) is 5.32 Å². The zero-order chi connectivity index (χ0) is 18.3. The van der Waals surface area contributed by atoms with Gasteiger partial charge in [0, 0.05) is 18.3 Å². The van der Waals surface area contributed by atoms with Crippen LogP contribution in [0, 0.1) is 0 Å². The monoisotopic (exact) mass is 372 g/mol. The SMILES string of the molecule is COc1ccc(CN(C2CC2)S(=O)(=O)c2ccc3c(c2)CC(=O)N3)cc1. The summed E-state index contributed by atoms with van der Waals surface area (Å²) in [7, 11) is -2.03. The minimum atomic E-state index is -3.63. The molecule has 0 atom stereocenters. The minimum absolute atomic E-state index is 0.0371. The van der Waals surface area contributed by atoms with Gasteiger partial charge >= 0.3 is 0 Å². The van der Waals surface area contributed by atoms with Crippen molar-refractivity contribution in [3.05, 3.63) is 53.6 Å². The van der Waals surface area contributed by atoms with Crippen LogP contribution in [0.15, 0.2) is 47.4 Å². The van der Waals surface area contributed by atoms with E-state index in [-0.39, 0.29) is 23.3 Å². The van der Waals surface area contributed by atoms with Crippen molar-refractivity contribution < 1.29 is 17.9 Å². The van der Waals surface area contributed by atoms with E-state index < -0.39 is 10.0 Å². The second kappa shape index (κ2) is 6.41. The van der Waals surface area contributed by atoms with Gasteiger partial charge < -0.3 is 10.1 Å². The third kappa shape index (κ3) is 3.20. The number of sulfonamides is 1. The minimum Gasteiger partial charge on any atom is -0.497 e. The van der Waals surface area contributed by atoms with Crippen LogP contribution in [0.3, 0.4) is 0 Å². The number of carbonyl (C=O) groups excluding carboxylic acids is 1. The molecular formula is C19H20N2O4S. The number of rotatable bonds is 6. The fourth-order valence-electron chi connectivity index (χ4n) is 3.19. The molecule has 1 amide bonds. The van der Waals surface area contributed by atoms with Crippen molar-refractivity contribution in [1.29, 1.82) is 0 Å². The van der Waals surface area contributed by atoms with Crippen LogP contribution in [0.2, 0.25) is 0 Å². The zero-order valence-corrected chi connectivity index (χ0v) is 15.3. The van der Waals surface area contributed by atoms with Crippen LogP contribution in [0.5, 0.6) is 5.75 Å². The van der Waals surface area contributed by atoms with E-state index in [0.29, 0.717) is 12.2 Å². The van der Waals surface area contributed by atoms with Gasteiger partial charge in [0.25, 0.3) is 0 Å². The lowest BCUT2D eigenvalue weighted by molar-refractivity contribution is -0.115. The number of benzene rings is 2. The first-order valence-electron chi connectivity index (χ1n) is 8.55. The lowest BCUT2D eigenvalue weighted by Gasteiger charge is -2.22. The van der Waals surface area contributed by atoms with Gasteiger partial charge in [0.15, 0.2) is 0 Å². The molecule has 1 saturated carbocycles. The quantitative estimate of drug-likeness (QED) is 0.845. The van der Waals surface area contributed by atoms with E-state index in [1.807, 2.05) is 24.3 Å². The number of hydrogen-bond acceptors (Lipinski definition) is 4. The van der Waals surface area contributed by atoms with Crippen LogP contribution in [0.25, 0.3) is 0 Å². The molecule has 1 aliphatic heterocycles. The van der Waals surface area contributed by atoms with Crippen molar-refractivity contribution in [3.63, 3.8) is 0 Å². The maximum atomic E-state index is 13.2. The Hall–Kier alpha value is -2.38. The fourth-order valence-corrected chi connectivity index (χ4v) is 4.91. The summed E-state index contributed by atoms with van der Waals surface area (Å²) in [6.45, 7) is 0.325. The molecular weight excluding hydrogens is 352 g/mol. The number of nitrogens with one attached hydrogen (secondary N) is 1. The Labute approximate surface area is 152 Å². The Balaban J connectivity index is 1.63. The number of fused-ring (bicyclic) bond motifs is 1. The van der Waals surface area contributed by atoms with Gasteiger partial charge in [0.1, 0.15) is 5.75 Å². The van der Waals surface area contributed by atoms with Crippen molar-refractivity contribution in [2.45, 2.75) is 36.7 Å². The summed E-state index contributed by atoms with van der Waals surface area (Å²) in [6, 6.07) is 12.3. The van der Waals surface area contributed by atoms with Gasteiger partial charge in [-0.3, -0.25) is 4.79 Å². The first-order chi connectivity index (χ1) is 12.5. The largest absolute Gasteiger partial charge is 0.497 e. The molecule has 26 heavy (non-hydrogen) atoms. The lowest BCUT2D eigenvalue weighted by Crippen LogP contribution is -2.32. The summed E-state index contributed by atoms with van der Waals surface area (Å²) in [5.41, 5.74) is 2.35.